The van der Waals surface area contributed by atoms with Crippen LogP contribution in [0.15, 0.2) is 0 Å². The molecule has 1 heterocycles. The number of hydrogen-bond acceptors (Lipinski definition) is 8. The molecule has 39 heavy (non-hydrogen) atoms. The molecule has 2 fully saturated rings. The first-order valence-electron chi connectivity index (χ1n) is 14.0. The van der Waals surface area contributed by atoms with E-state index >= 15 is 0 Å². The van der Waals surface area contributed by atoms with Gasteiger partial charge in [-0.15, -0.1) is 0 Å². The molecule has 2 aliphatic rings. The van der Waals surface area contributed by atoms with Crippen LogP contribution in [0.1, 0.15) is 64.2 Å². The van der Waals surface area contributed by atoms with Crippen molar-refractivity contribution in [3.63, 3.8) is 0 Å². The fourth-order valence-electron chi connectivity index (χ4n) is 5.40. The van der Waals surface area contributed by atoms with E-state index in [0.29, 0.717) is 95.6 Å². The molecule has 2 aliphatic carbocycles. The van der Waals surface area contributed by atoms with Crippen LogP contribution in [0.25, 0.3) is 0 Å². The maximum absolute atomic E-state index is 13.0. The van der Waals surface area contributed by atoms with Gasteiger partial charge in [0.25, 0.3) is 0 Å². The van der Waals surface area contributed by atoms with E-state index in [2.05, 4.69) is 25.6 Å². The summed E-state index contributed by atoms with van der Waals surface area (Å²) in [4.78, 5) is 15.6. The molecular weight excluding hydrogens is 526 g/mol. The third-order valence-corrected chi connectivity index (χ3v) is 7.89. The smallest absolute Gasteiger partial charge is 0.354 e. The number of nitrogens with zero attached hydrogens (tertiary/aromatic N) is 4. The second kappa shape index (κ2) is 14.5. The number of anilines is 3. The third kappa shape index (κ3) is 10.1. The Kier molecular flexibility index (Phi) is 11.7. The van der Waals surface area contributed by atoms with Crippen LogP contribution in [0.3, 0.4) is 0 Å². The van der Waals surface area contributed by atoms with Crippen molar-refractivity contribution < 1.29 is 26.3 Å². The predicted molar refractivity (Wildman–Crippen MR) is 139 cm³/mol. The minimum Gasteiger partial charge on any atom is -0.354 e. The molecule has 1 aromatic rings. The summed E-state index contributed by atoms with van der Waals surface area (Å²) in [7, 11) is 0. The van der Waals surface area contributed by atoms with Crippen LogP contribution in [0.2, 0.25) is 0 Å². The summed E-state index contributed by atoms with van der Waals surface area (Å²) in [5.74, 6) is -1.27. The first-order valence-corrected chi connectivity index (χ1v) is 14.0. The van der Waals surface area contributed by atoms with Crippen molar-refractivity contribution in [1.29, 1.82) is 0 Å². The highest BCUT2D eigenvalue weighted by molar-refractivity contribution is 5.44. The van der Waals surface area contributed by atoms with Crippen LogP contribution < -0.4 is 27.0 Å². The van der Waals surface area contributed by atoms with Crippen LogP contribution in [-0.4, -0.2) is 66.6 Å². The molecule has 0 aromatic carbocycles. The maximum Gasteiger partial charge on any atom is 0.391 e. The second-order valence-corrected chi connectivity index (χ2v) is 10.8. The van der Waals surface area contributed by atoms with Gasteiger partial charge in [-0.25, -0.2) is 0 Å². The standard InChI is InChI=1S/C25H42F6N8/c26-24(27,28)19-7-3-17(4-8-19)15-34-21-36-22(35-16-18-5-9-20(10-6-18)25(29,30)31)38-23(37-21)39(13-1-11-32)14-2-12-33/h17-20H,1-16,32-33H2,(H2,34,35,36,37,38). The van der Waals surface area contributed by atoms with Gasteiger partial charge in [-0.05, 0) is 89.1 Å². The fraction of sp³-hybridized carbons (Fsp3) is 0.880. The van der Waals surface area contributed by atoms with E-state index in [9.17, 15) is 26.3 Å². The van der Waals surface area contributed by atoms with E-state index in [1.165, 1.54) is 0 Å². The second-order valence-electron chi connectivity index (χ2n) is 10.8. The molecule has 0 radical (unpaired) electrons. The zero-order chi connectivity index (χ0) is 28.5. The van der Waals surface area contributed by atoms with Crippen molar-refractivity contribution >= 4 is 17.8 Å². The van der Waals surface area contributed by atoms with Gasteiger partial charge in [0.05, 0.1) is 11.8 Å². The number of hydrogen-bond donors (Lipinski definition) is 4. The molecule has 0 saturated heterocycles. The molecule has 1 aromatic heterocycles. The largest absolute Gasteiger partial charge is 0.391 e. The Morgan fingerprint density at radius 2 is 1.03 bits per heavy atom. The molecule has 6 N–H and O–H groups in total. The maximum atomic E-state index is 13.0. The molecule has 0 aliphatic heterocycles. The number of rotatable bonds is 13. The molecule has 0 bridgehead atoms. The van der Waals surface area contributed by atoms with Crippen molar-refractivity contribution in [3.8, 4) is 0 Å². The van der Waals surface area contributed by atoms with E-state index in [1.807, 2.05) is 4.90 Å². The summed E-state index contributed by atoms with van der Waals surface area (Å²) in [6.07, 6.45) is -4.50. The minimum absolute atomic E-state index is 0.0784. The van der Waals surface area contributed by atoms with Gasteiger partial charge in [0.1, 0.15) is 0 Å². The van der Waals surface area contributed by atoms with Gasteiger partial charge in [0.2, 0.25) is 17.8 Å². The molecule has 224 valence electrons. The SMILES string of the molecule is NCCCN(CCCN)c1nc(NCC2CCC(C(F)(F)F)CC2)nc(NCC2CCC(C(F)(F)F)CC2)n1. The number of nitrogens with one attached hydrogen (secondary N) is 2. The van der Waals surface area contributed by atoms with Crippen LogP contribution >= 0.6 is 0 Å². The number of alkyl halides is 6. The Morgan fingerprint density at radius 3 is 1.36 bits per heavy atom. The van der Waals surface area contributed by atoms with Gasteiger partial charge in [-0.2, -0.15) is 41.3 Å². The van der Waals surface area contributed by atoms with Crippen molar-refractivity contribution in [2.75, 3.05) is 54.8 Å². The molecule has 0 atom stereocenters. The Bertz CT molecular complexity index is 788. The molecular formula is C25H42F6N8. The topological polar surface area (TPSA) is 118 Å². The average molecular weight is 569 g/mol. The first kappa shape index (κ1) is 31.4. The van der Waals surface area contributed by atoms with E-state index in [1.54, 1.807) is 0 Å². The van der Waals surface area contributed by atoms with Crippen LogP contribution in [0.4, 0.5) is 44.2 Å². The zero-order valence-corrected chi connectivity index (χ0v) is 22.3. The number of halogens is 6. The Balaban J connectivity index is 1.66. The molecule has 0 spiro atoms. The summed E-state index contributed by atoms with van der Waals surface area (Å²) in [5, 5.41) is 6.38. The lowest BCUT2D eigenvalue weighted by Gasteiger charge is -2.30. The molecule has 14 heteroatoms. The normalized spacial score (nSPS) is 24.4. The van der Waals surface area contributed by atoms with Gasteiger partial charge >= 0.3 is 12.4 Å². The van der Waals surface area contributed by atoms with Gasteiger partial charge in [-0.1, -0.05) is 0 Å². The Hall–Kier alpha value is -2.09. The lowest BCUT2D eigenvalue weighted by Crippen LogP contribution is -2.32. The Labute approximate surface area is 226 Å². The zero-order valence-electron chi connectivity index (χ0n) is 22.3. The quantitative estimate of drug-likeness (QED) is 0.247. The summed E-state index contributed by atoms with van der Waals surface area (Å²) in [6, 6.07) is 0. The third-order valence-electron chi connectivity index (χ3n) is 7.89. The molecule has 3 rings (SSSR count). The van der Waals surface area contributed by atoms with Crippen molar-refractivity contribution in [2.24, 2.45) is 35.1 Å². The fourth-order valence-corrected chi connectivity index (χ4v) is 5.40. The highest BCUT2D eigenvalue weighted by Crippen LogP contribution is 2.40. The van der Waals surface area contributed by atoms with E-state index < -0.39 is 24.2 Å². The molecule has 0 unspecified atom stereocenters. The van der Waals surface area contributed by atoms with Gasteiger partial charge in [0, 0.05) is 26.2 Å². The van der Waals surface area contributed by atoms with Crippen LogP contribution in [-0.2, 0) is 0 Å². The first-order chi connectivity index (χ1) is 18.5. The number of aromatic nitrogens is 3. The highest BCUT2D eigenvalue weighted by Gasteiger charge is 2.42. The molecule has 0 amide bonds. The van der Waals surface area contributed by atoms with Crippen molar-refractivity contribution in [3.05, 3.63) is 0 Å². The minimum atomic E-state index is -4.15. The average Bonchev–Trinajstić information content (AvgIpc) is 2.90. The van der Waals surface area contributed by atoms with Gasteiger partial charge in [-0.3, -0.25) is 0 Å². The summed E-state index contributed by atoms with van der Waals surface area (Å²) in [5.41, 5.74) is 11.4. The van der Waals surface area contributed by atoms with Gasteiger partial charge < -0.3 is 27.0 Å². The predicted octanol–water partition coefficient (Wildman–Crippen LogP) is 4.94. The van der Waals surface area contributed by atoms with Gasteiger partial charge in [0.15, 0.2) is 0 Å². The van der Waals surface area contributed by atoms with Crippen molar-refractivity contribution in [1.82, 2.24) is 15.0 Å². The van der Waals surface area contributed by atoms with E-state index in [0.717, 1.165) is 0 Å². The highest BCUT2D eigenvalue weighted by atomic mass is 19.4. The van der Waals surface area contributed by atoms with Crippen LogP contribution in [0, 0.1) is 23.7 Å². The summed E-state index contributed by atoms with van der Waals surface area (Å²) >= 11 is 0. The van der Waals surface area contributed by atoms with Crippen LogP contribution in [0.5, 0.6) is 0 Å². The lowest BCUT2D eigenvalue weighted by atomic mass is 9.81. The lowest BCUT2D eigenvalue weighted by molar-refractivity contribution is -0.184. The van der Waals surface area contributed by atoms with Crippen molar-refractivity contribution in [2.45, 2.75) is 76.6 Å². The monoisotopic (exact) mass is 568 g/mol. The van der Waals surface area contributed by atoms with E-state index in [-0.39, 0.29) is 37.5 Å². The Morgan fingerprint density at radius 1 is 0.641 bits per heavy atom. The molecule has 2 saturated carbocycles. The summed E-state index contributed by atoms with van der Waals surface area (Å²) < 4.78 is 78.1. The van der Waals surface area contributed by atoms with E-state index in [4.69, 9.17) is 11.5 Å². The summed E-state index contributed by atoms with van der Waals surface area (Å²) in [6.45, 7) is 3.09. The molecule has 8 nitrogen and oxygen atoms in total. The number of nitrogens with two attached hydrogens (primary N) is 2.